The maximum absolute atomic E-state index is 12.7. The van der Waals surface area contributed by atoms with Crippen LogP contribution in [0, 0.1) is 6.92 Å². The van der Waals surface area contributed by atoms with Gasteiger partial charge in [-0.2, -0.15) is 8.78 Å². The van der Waals surface area contributed by atoms with Crippen molar-refractivity contribution in [2.24, 2.45) is 0 Å². The monoisotopic (exact) mass is 420 g/mol. The molecule has 0 amide bonds. The van der Waals surface area contributed by atoms with Crippen molar-refractivity contribution in [2.75, 3.05) is 14.2 Å². The molecule has 1 atom stereocenters. The number of ether oxygens (including phenoxy) is 3. The Morgan fingerprint density at radius 1 is 1.18 bits per heavy atom. The van der Waals surface area contributed by atoms with Gasteiger partial charge in [0.05, 0.1) is 47.5 Å². The Hall–Kier alpha value is -1.75. The molecule has 11 heteroatoms. The first kappa shape index (κ1) is 22.5. The largest absolute Gasteiger partial charge is 1.00 e. The summed E-state index contributed by atoms with van der Waals surface area (Å²) in [7, 11) is 1.36. The molecule has 0 spiro atoms. The van der Waals surface area contributed by atoms with Gasteiger partial charge in [0.2, 0.25) is 0 Å². The number of rotatable bonds is 7. The van der Waals surface area contributed by atoms with E-state index in [2.05, 4.69) is 19.7 Å². The molecule has 2 heterocycles. The second-order valence-corrected chi connectivity index (χ2v) is 6.88. The zero-order valence-corrected chi connectivity index (χ0v) is 18.6. The van der Waals surface area contributed by atoms with Crippen LogP contribution in [0.5, 0.6) is 17.2 Å². The van der Waals surface area contributed by atoms with E-state index in [1.807, 2.05) is 6.92 Å². The van der Waals surface area contributed by atoms with E-state index in [1.165, 1.54) is 19.2 Å². The van der Waals surface area contributed by atoms with E-state index in [4.69, 9.17) is 9.47 Å². The Morgan fingerprint density at radius 3 is 2.54 bits per heavy atom. The average Bonchev–Trinajstić information content (AvgIpc) is 3.05. The number of aromatic nitrogens is 3. The number of hydrogen-bond donors (Lipinski definition) is 1. The molecule has 0 aliphatic heterocycles. The van der Waals surface area contributed by atoms with Crippen LogP contribution < -0.4 is 43.8 Å². The number of imidazole rings is 1. The van der Waals surface area contributed by atoms with Crippen LogP contribution in [0.15, 0.2) is 29.6 Å². The van der Waals surface area contributed by atoms with Crippen molar-refractivity contribution in [1.29, 1.82) is 0 Å². The molecule has 7 nitrogen and oxygen atoms in total. The van der Waals surface area contributed by atoms with Gasteiger partial charge in [-0.3, -0.25) is 9.19 Å². The molecule has 0 bridgehead atoms. The minimum Gasteiger partial charge on any atom is -0.496 e. The standard InChI is InChI=1S/C17H17F2N3O4S.Na/c1-9-12(20-5-4-13(9)24-2)8-27(23)17-21-10-6-14(25-3)15(26-16(18)19)7-11(10)22-17;/h4-7,16H,8H2,1-3H3,(H,21,22);/q;+1. The first-order chi connectivity index (χ1) is 12.9. The number of methoxy groups -OCH3 is 2. The zero-order valence-electron chi connectivity index (χ0n) is 15.8. The average molecular weight is 420 g/mol. The fourth-order valence-corrected chi connectivity index (χ4v) is 3.67. The number of aromatic amines is 1. The van der Waals surface area contributed by atoms with Crippen molar-refractivity contribution < 1.29 is 56.8 Å². The zero-order chi connectivity index (χ0) is 19.6. The molecule has 1 aromatic carbocycles. The first-order valence-corrected chi connectivity index (χ1v) is 9.14. The van der Waals surface area contributed by atoms with Crippen molar-refractivity contribution in [2.45, 2.75) is 24.4 Å². The van der Waals surface area contributed by atoms with Crippen LogP contribution in [0.1, 0.15) is 11.3 Å². The summed E-state index contributed by atoms with van der Waals surface area (Å²) in [5.74, 6) is 0.753. The molecular weight excluding hydrogens is 403 g/mol. The fraction of sp³-hybridized carbons (Fsp3) is 0.294. The molecular formula is C17H17F2N3NaO4S+. The third kappa shape index (κ3) is 4.80. The first-order valence-electron chi connectivity index (χ1n) is 7.82. The normalized spacial score (nSPS) is 11.9. The van der Waals surface area contributed by atoms with Crippen molar-refractivity contribution in [3.05, 3.63) is 35.7 Å². The quantitative estimate of drug-likeness (QED) is 0.550. The van der Waals surface area contributed by atoms with Gasteiger partial charge in [-0.1, -0.05) is 0 Å². The number of fused-ring (bicyclic) bond motifs is 1. The van der Waals surface area contributed by atoms with Gasteiger partial charge in [0.15, 0.2) is 16.7 Å². The van der Waals surface area contributed by atoms with E-state index in [0.717, 1.165) is 5.56 Å². The number of alkyl halides is 2. The minimum absolute atomic E-state index is 0. The fourth-order valence-electron chi connectivity index (χ4n) is 2.57. The molecule has 2 aromatic heterocycles. The van der Waals surface area contributed by atoms with Crippen LogP contribution >= 0.6 is 0 Å². The summed E-state index contributed by atoms with van der Waals surface area (Å²) in [6, 6.07) is 4.50. The van der Waals surface area contributed by atoms with Crippen molar-refractivity contribution in [1.82, 2.24) is 15.0 Å². The van der Waals surface area contributed by atoms with Gasteiger partial charge < -0.3 is 19.2 Å². The Labute approximate surface area is 184 Å². The van der Waals surface area contributed by atoms with Gasteiger partial charge in [0.25, 0.3) is 0 Å². The molecule has 0 fully saturated rings. The Morgan fingerprint density at radius 2 is 1.89 bits per heavy atom. The van der Waals surface area contributed by atoms with E-state index in [-0.39, 0.29) is 52.0 Å². The predicted molar refractivity (Wildman–Crippen MR) is 94.9 cm³/mol. The number of hydrogen-bond acceptors (Lipinski definition) is 6. The minimum atomic E-state index is -2.99. The molecule has 0 aliphatic rings. The maximum Gasteiger partial charge on any atom is 1.00 e. The van der Waals surface area contributed by atoms with E-state index in [0.29, 0.717) is 22.5 Å². The number of nitrogens with one attached hydrogen (secondary N) is 1. The predicted octanol–water partition coefficient (Wildman–Crippen LogP) is 0.197. The van der Waals surface area contributed by atoms with Crippen molar-refractivity contribution in [3.8, 4) is 17.2 Å². The third-order valence-electron chi connectivity index (χ3n) is 3.92. The van der Waals surface area contributed by atoms with Crippen LogP contribution in [0.25, 0.3) is 11.0 Å². The number of halogens is 2. The van der Waals surface area contributed by atoms with Gasteiger partial charge in [-0.15, -0.1) is 0 Å². The summed E-state index contributed by atoms with van der Waals surface area (Å²) >= 11 is 0. The topological polar surface area (TPSA) is 86.3 Å². The molecule has 1 N–H and O–H groups in total. The van der Waals surface area contributed by atoms with Crippen LogP contribution in [0.3, 0.4) is 0 Å². The molecule has 1 unspecified atom stereocenters. The van der Waals surface area contributed by atoms with Crippen molar-refractivity contribution >= 4 is 21.8 Å². The molecule has 0 saturated carbocycles. The number of nitrogens with zero attached hydrogens (tertiary/aromatic N) is 2. The molecule has 28 heavy (non-hydrogen) atoms. The molecule has 144 valence electrons. The smallest absolute Gasteiger partial charge is 0.496 e. The Kier molecular flexibility index (Phi) is 7.76. The molecule has 3 rings (SSSR count). The Bertz CT molecular complexity index is 1000. The van der Waals surface area contributed by atoms with Crippen LogP contribution in [0.2, 0.25) is 0 Å². The van der Waals surface area contributed by atoms with Gasteiger partial charge in [0.1, 0.15) is 5.75 Å². The molecule has 3 aromatic rings. The Balaban J connectivity index is 0.00000280. The summed E-state index contributed by atoms with van der Waals surface area (Å²) in [6.07, 6.45) is 1.58. The summed E-state index contributed by atoms with van der Waals surface area (Å²) < 4.78 is 52.5. The number of pyridine rings is 1. The summed E-state index contributed by atoms with van der Waals surface area (Å²) in [5, 5.41) is 0.199. The van der Waals surface area contributed by atoms with E-state index in [9.17, 15) is 13.0 Å². The molecule has 0 radical (unpaired) electrons. The SMILES string of the molecule is COc1cc2nc(S(=O)Cc3nccc(OC)c3C)[nH]c2cc1OC(F)F.[Na+]. The summed E-state index contributed by atoms with van der Waals surface area (Å²) in [5.41, 5.74) is 2.24. The van der Waals surface area contributed by atoms with Gasteiger partial charge in [-0.05, 0) is 13.0 Å². The summed E-state index contributed by atoms with van der Waals surface area (Å²) in [4.78, 5) is 11.4. The van der Waals surface area contributed by atoms with E-state index >= 15 is 0 Å². The van der Waals surface area contributed by atoms with Crippen LogP contribution in [0.4, 0.5) is 8.78 Å². The van der Waals surface area contributed by atoms with Crippen LogP contribution in [-0.2, 0) is 16.6 Å². The second kappa shape index (κ2) is 9.64. The van der Waals surface area contributed by atoms with E-state index in [1.54, 1.807) is 19.4 Å². The van der Waals surface area contributed by atoms with E-state index < -0.39 is 17.4 Å². The van der Waals surface area contributed by atoms with Crippen molar-refractivity contribution in [3.63, 3.8) is 0 Å². The third-order valence-corrected chi connectivity index (χ3v) is 5.08. The number of H-pyrrole nitrogens is 1. The van der Waals surface area contributed by atoms with Gasteiger partial charge in [0, 0.05) is 23.9 Å². The summed E-state index contributed by atoms with van der Waals surface area (Å²) in [6.45, 7) is -1.16. The van der Waals surface area contributed by atoms with Crippen LogP contribution in [-0.4, -0.2) is 40.0 Å². The van der Waals surface area contributed by atoms with Gasteiger partial charge in [-0.25, -0.2) is 4.98 Å². The maximum atomic E-state index is 12.7. The number of benzene rings is 1. The second-order valence-electron chi connectivity index (χ2n) is 5.52. The van der Waals surface area contributed by atoms with Gasteiger partial charge >= 0.3 is 36.2 Å². The molecule has 0 saturated heterocycles. The molecule has 0 aliphatic carbocycles.